The van der Waals surface area contributed by atoms with Crippen LogP contribution in [0.25, 0.3) is 11.3 Å². The van der Waals surface area contributed by atoms with Crippen molar-refractivity contribution in [1.29, 1.82) is 5.26 Å². The van der Waals surface area contributed by atoms with Crippen LogP contribution >= 0.6 is 0 Å². The lowest BCUT2D eigenvalue weighted by Crippen LogP contribution is -2.48. The lowest BCUT2D eigenvalue weighted by molar-refractivity contribution is 0.101. The van der Waals surface area contributed by atoms with Crippen molar-refractivity contribution in [3.63, 3.8) is 0 Å². The Hall–Kier alpha value is -3.02. The van der Waals surface area contributed by atoms with Gasteiger partial charge in [0.2, 0.25) is 10.0 Å². The molecule has 192 valence electrons. The quantitative estimate of drug-likeness (QED) is 0.570. The Balaban J connectivity index is 1.47. The van der Waals surface area contributed by atoms with E-state index in [1.54, 1.807) is 30.3 Å². The van der Waals surface area contributed by atoms with Gasteiger partial charge >= 0.3 is 10.2 Å². The SMILES string of the molecule is CN1c2cc(-c3nc(N4CCN(S(C)(=O)=O)CC4)ccc3C#N)ccc2N(CC2CC2(F)F)S1(=O)=O. The number of nitriles is 1. The molecule has 0 amide bonds. The van der Waals surface area contributed by atoms with Crippen LogP contribution in [-0.2, 0) is 20.2 Å². The van der Waals surface area contributed by atoms with Crippen molar-refractivity contribution in [2.45, 2.75) is 12.3 Å². The third-order valence-electron chi connectivity index (χ3n) is 6.86. The number of halogens is 2. The second-order valence-electron chi connectivity index (χ2n) is 9.20. The van der Waals surface area contributed by atoms with Crippen molar-refractivity contribution in [3.8, 4) is 17.3 Å². The van der Waals surface area contributed by atoms with Crippen LogP contribution < -0.4 is 13.5 Å². The highest BCUT2D eigenvalue weighted by atomic mass is 32.2. The van der Waals surface area contributed by atoms with Gasteiger partial charge in [0, 0.05) is 57.7 Å². The first-order valence-corrected chi connectivity index (χ1v) is 14.5. The predicted octanol–water partition coefficient (Wildman–Crippen LogP) is 1.86. The first kappa shape index (κ1) is 24.7. The number of alkyl halides is 2. The fraction of sp³-hybridized carbons (Fsp3) is 0.455. The van der Waals surface area contributed by atoms with Crippen molar-refractivity contribution in [2.24, 2.45) is 5.92 Å². The second-order valence-corrected chi connectivity index (χ2v) is 13.1. The van der Waals surface area contributed by atoms with Gasteiger partial charge in [-0.05, 0) is 24.3 Å². The number of pyridine rings is 1. The number of piperazine rings is 1. The van der Waals surface area contributed by atoms with Gasteiger partial charge in [0.15, 0.2) is 0 Å². The molecule has 1 aromatic carbocycles. The Labute approximate surface area is 208 Å². The van der Waals surface area contributed by atoms with E-state index in [4.69, 9.17) is 0 Å². The van der Waals surface area contributed by atoms with Crippen molar-refractivity contribution in [1.82, 2.24) is 9.29 Å². The van der Waals surface area contributed by atoms with E-state index in [0.29, 0.717) is 54.6 Å². The molecule has 2 aliphatic heterocycles. The van der Waals surface area contributed by atoms with E-state index in [1.807, 2.05) is 4.90 Å². The topological polar surface area (TPSA) is 118 Å². The number of aromatic nitrogens is 1. The Morgan fingerprint density at radius 1 is 1.14 bits per heavy atom. The minimum Gasteiger partial charge on any atom is -0.354 e. The zero-order valence-corrected chi connectivity index (χ0v) is 21.2. The minimum atomic E-state index is -4.00. The lowest BCUT2D eigenvalue weighted by Gasteiger charge is -2.34. The summed E-state index contributed by atoms with van der Waals surface area (Å²) in [6.45, 7) is 1.18. The number of benzene rings is 1. The third-order valence-corrected chi connectivity index (χ3v) is 9.95. The molecule has 1 saturated heterocycles. The number of fused-ring (bicyclic) bond motifs is 1. The van der Waals surface area contributed by atoms with Crippen molar-refractivity contribution >= 4 is 37.4 Å². The predicted molar refractivity (Wildman–Crippen MR) is 131 cm³/mol. The van der Waals surface area contributed by atoms with Gasteiger partial charge in [-0.3, -0.25) is 8.61 Å². The number of sulfonamides is 1. The fourth-order valence-corrected chi connectivity index (χ4v) is 6.86. The van der Waals surface area contributed by atoms with Crippen molar-refractivity contribution in [2.75, 3.05) is 59.5 Å². The number of anilines is 3. The van der Waals surface area contributed by atoms with Gasteiger partial charge in [-0.15, -0.1) is 0 Å². The van der Waals surface area contributed by atoms with Crippen LogP contribution in [-0.4, -0.2) is 78.1 Å². The maximum atomic E-state index is 13.5. The average molecular weight is 539 g/mol. The zero-order valence-electron chi connectivity index (χ0n) is 19.6. The molecule has 0 bridgehead atoms. The second kappa shape index (κ2) is 8.25. The highest BCUT2D eigenvalue weighted by molar-refractivity contribution is 7.94. The molecule has 3 aliphatic rings. The summed E-state index contributed by atoms with van der Waals surface area (Å²) in [5.74, 6) is -3.30. The van der Waals surface area contributed by atoms with Crippen molar-refractivity contribution < 1.29 is 25.6 Å². The first-order valence-electron chi connectivity index (χ1n) is 11.2. The summed E-state index contributed by atoms with van der Waals surface area (Å²) in [7, 11) is -5.93. The van der Waals surface area contributed by atoms with Gasteiger partial charge in [-0.25, -0.2) is 22.2 Å². The summed E-state index contributed by atoms with van der Waals surface area (Å²) in [6, 6.07) is 10.2. The van der Waals surface area contributed by atoms with E-state index in [1.165, 1.54) is 17.6 Å². The summed E-state index contributed by atoms with van der Waals surface area (Å²) in [6.07, 6.45) is 0.833. The first-order chi connectivity index (χ1) is 16.8. The summed E-state index contributed by atoms with van der Waals surface area (Å²) in [4.78, 5) is 6.59. The van der Waals surface area contributed by atoms with Gasteiger partial charge < -0.3 is 4.90 Å². The standard InChI is InChI=1S/C22H24F2N6O4S2/c1-27-19-11-15(3-5-18(19)30(36(27,33)34)14-17-12-22(17,23)24)21-16(13-25)4-6-20(26-21)28-7-9-29(10-8-28)35(2,31)32/h3-6,11,17H,7-10,12,14H2,1-2H3. The molecule has 0 spiro atoms. The van der Waals surface area contributed by atoms with E-state index in [9.17, 15) is 30.9 Å². The van der Waals surface area contributed by atoms with Gasteiger partial charge in [0.25, 0.3) is 5.92 Å². The Bertz CT molecular complexity index is 1480. The lowest BCUT2D eigenvalue weighted by atomic mass is 10.0. The highest BCUT2D eigenvalue weighted by Gasteiger charge is 2.59. The van der Waals surface area contributed by atoms with E-state index >= 15 is 0 Å². The molecule has 2 aromatic rings. The Kier molecular flexibility index (Phi) is 5.66. The number of hydrogen-bond acceptors (Lipinski definition) is 7. The number of hydrogen-bond donors (Lipinski definition) is 0. The van der Waals surface area contributed by atoms with Crippen LogP contribution in [0, 0.1) is 17.2 Å². The molecule has 36 heavy (non-hydrogen) atoms. The number of nitrogens with zero attached hydrogens (tertiary/aromatic N) is 6. The fourth-order valence-electron chi connectivity index (χ4n) is 4.57. The largest absolute Gasteiger partial charge is 0.354 e. The average Bonchev–Trinajstić information content (AvgIpc) is 3.40. The normalized spacial score (nSPS) is 22.9. The highest BCUT2D eigenvalue weighted by Crippen LogP contribution is 2.51. The summed E-state index contributed by atoms with van der Waals surface area (Å²) in [5.41, 5.74) is 1.75. The molecule has 1 unspecified atom stereocenters. The van der Waals surface area contributed by atoms with Crippen LogP contribution in [0.2, 0.25) is 0 Å². The molecular weight excluding hydrogens is 514 g/mol. The Morgan fingerprint density at radius 3 is 2.39 bits per heavy atom. The molecule has 0 radical (unpaired) electrons. The van der Waals surface area contributed by atoms with Crippen LogP contribution in [0.1, 0.15) is 12.0 Å². The summed E-state index contributed by atoms with van der Waals surface area (Å²) < 4.78 is 79.9. The smallest absolute Gasteiger partial charge is 0.326 e. The summed E-state index contributed by atoms with van der Waals surface area (Å²) in [5, 5.41) is 9.67. The monoisotopic (exact) mass is 538 g/mol. The molecule has 0 N–H and O–H groups in total. The van der Waals surface area contributed by atoms with E-state index < -0.39 is 32.1 Å². The molecule has 10 nitrogen and oxygen atoms in total. The maximum absolute atomic E-state index is 13.5. The van der Waals surface area contributed by atoms with E-state index in [-0.39, 0.29) is 18.5 Å². The molecule has 1 aromatic heterocycles. The summed E-state index contributed by atoms with van der Waals surface area (Å²) >= 11 is 0. The zero-order chi connectivity index (χ0) is 26.0. The van der Waals surface area contributed by atoms with Gasteiger partial charge in [0.05, 0.1) is 28.9 Å². The maximum Gasteiger partial charge on any atom is 0.326 e. The minimum absolute atomic E-state index is 0.284. The number of rotatable bonds is 5. The molecule has 1 aliphatic carbocycles. The molecule has 3 heterocycles. The van der Waals surface area contributed by atoms with Gasteiger partial charge in [-0.2, -0.15) is 18.0 Å². The van der Waals surface area contributed by atoms with E-state index in [0.717, 1.165) is 8.61 Å². The molecule has 2 fully saturated rings. The van der Waals surface area contributed by atoms with Crippen LogP contribution in [0.5, 0.6) is 0 Å². The molecule has 1 saturated carbocycles. The third kappa shape index (κ3) is 4.14. The van der Waals surface area contributed by atoms with Crippen LogP contribution in [0.4, 0.5) is 26.0 Å². The van der Waals surface area contributed by atoms with Crippen molar-refractivity contribution in [3.05, 3.63) is 35.9 Å². The molecular formula is C22H24F2N6O4S2. The molecule has 5 rings (SSSR count). The van der Waals surface area contributed by atoms with Gasteiger partial charge in [0.1, 0.15) is 11.9 Å². The Morgan fingerprint density at radius 2 is 1.81 bits per heavy atom. The van der Waals surface area contributed by atoms with Crippen LogP contribution in [0.3, 0.4) is 0 Å². The van der Waals surface area contributed by atoms with E-state index in [2.05, 4.69) is 11.1 Å². The molecule has 14 heteroatoms. The van der Waals surface area contributed by atoms with Crippen LogP contribution in [0.15, 0.2) is 30.3 Å². The van der Waals surface area contributed by atoms with Gasteiger partial charge in [-0.1, -0.05) is 6.07 Å². The molecule has 1 atom stereocenters.